The van der Waals surface area contributed by atoms with Crippen LogP contribution in [0.1, 0.15) is 44.0 Å². The van der Waals surface area contributed by atoms with Crippen LogP contribution in [0.25, 0.3) is 0 Å². The predicted molar refractivity (Wildman–Crippen MR) is 88.6 cm³/mol. The van der Waals surface area contributed by atoms with Gasteiger partial charge in [0.25, 0.3) is 5.91 Å². The second kappa shape index (κ2) is 6.83. The fraction of sp³-hybridized carbons (Fsp3) is 0.588. The van der Waals surface area contributed by atoms with Crippen LogP contribution in [0.5, 0.6) is 0 Å². The van der Waals surface area contributed by atoms with Gasteiger partial charge < -0.3 is 16.0 Å². The van der Waals surface area contributed by atoms with Gasteiger partial charge >= 0.3 is 0 Å². The lowest BCUT2D eigenvalue weighted by molar-refractivity contribution is 0.0956. The molecule has 0 spiro atoms. The highest BCUT2D eigenvalue weighted by Crippen LogP contribution is 2.30. The second-order valence-corrected chi connectivity index (χ2v) is 6.20. The molecule has 3 N–H and O–H groups in total. The molecule has 0 atom stereocenters. The Morgan fingerprint density at radius 3 is 2.62 bits per heavy atom. The van der Waals surface area contributed by atoms with Crippen molar-refractivity contribution >= 4 is 17.3 Å². The predicted octanol–water partition coefficient (Wildman–Crippen LogP) is 2.89. The second-order valence-electron chi connectivity index (χ2n) is 6.20. The average Bonchev–Trinajstić information content (AvgIpc) is 2.47. The minimum absolute atomic E-state index is 0.0153. The number of carbonyl (C=O) groups excluding carboxylic acids is 1. The molecule has 0 unspecified atom stereocenters. The molecule has 0 aliphatic carbocycles. The van der Waals surface area contributed by atoms with Gasteiger partial charge in [-0.05, 0) is 49.8 Å². The monoisotopic (exact) mass is 289 g/mol. The third-order valence-electron chi connectivity index (χ3n) is 4.43. The average molecular weight is 289 g/mol. The van der Waals surface area contributed by atoms with E-state index in [0.717, 1.165) is 36.2 Å². The maximum absolute atomic E-state index is 12.2. The third kappa shape index (κ3) is 3.69. The Kier molecular flexibility index (Phi) is 5.10. The van der Waals surface area contributed by atoms with Crippen LogP contribution in [0.3, 0.4) is 0 Å². The highest BCUT2D eigenvalue weighted by atomic mass is 16.1. The number of anilines is 2. The molecule has 21 heavy (non-hydrogen) atoms. The number of nitrogens with zero attached hydrogens (tertiary/aromatic N) is 1. The van der Waals surface area contributed by atoms with E-state index in [0.29, 0.717) is 12.2 Å². The fourth-order valence-corrected chi connectivity index (χ4v) is 3.07. The molecule has 1 heterocycles. The first-order chi connectivity index (χ1) is 10.0. The smallest absolute Gasteiger partial charge is 0.253 e. The molecule has 1 aromatic carbocycles. The van der Waals surface area contributed by atoms with E-state index in [2.05, 4.69) is 24.1 Å². The molecular weight excluding hydrogens is 262 g/mol. The van der Waals surface area contributed by atoms with Gasteiger partial charge in [0.1, 0.15) is 0 Å². The zero-order valence-electron chi connectivity index (χ0n) is 13.4. The van der Waals surface area contributed by atoms with E-state index in [4.69, 9.17) is 5.73 Å². The van der Waals surface area contributed by atoms with Crippen LogP contribution in [0.4, 0.5) is 11.4 Å². The normalized spacial score (nSPS) is 16.3. The number of amides is 1. The first-order valence-electron chi connectivity index (χ1n) is 7.95. The maximum atomic E-state index is 12.2. The molecule has 1 aliphatic heterocycles. The summed E-state index contributed by atoms with van der Waals surface area (Å²) >= 11 is 0. The maximum Gasteiger partial charge on any atom is 0.253 e. The zero-order chi connectivity index (χ0) is 15.4. The van der Waals surface area contributed by atoms with Crippen molar-refractivity contribution in [2.45, 2.75) is 33.6 Å². The van der Waals surface area contributed by atoms with Crippen molar-refractivity contribution in [3.8, 4) is 0 Å². The molecule has 1 aliphatic rings. The number of nitrogen functional groups attached to an aromatic ring is 1. The number of nitrogens with one attached hydrogen (secondary N) is 1. The summed E-state index contributed by atoms with van der Waals surface area (Å²) in [6, 6.07) is 5.57. The number of benzene rings is 1. The van der Waals surface area contributed by atoms with Gasteiger partial charge in [0.05, 0.1) is 11.3 Å². The van der Waals surface area contributed by atoms with Gasteiger partial charge in [0.15, 0.2) is 0 Å². The minimum Gasteiger partial charge on any atom is -0.399 e. The van der Waals surface area contributed by atoms with Crippen LogP contribution >= 0.6 is 0 Å². The molecule has 0 radical (unpaired) electrons. The van der Waals surface area contributed by atoms with Gasteiger partial charge in [0, 0.05) is 25.3 Å². The van der Waals surface area contributed by atoms with Crippen LogP contribution in [-0.2, 0) is 0 Å². The first-order valence-corrected chi connectivity index (χ1v) is 7.95. The van der Waals surface area contributed by atoms with Crippen LogP contribution < -0.4 is 16.0 Å². The Morgan fingerprint density at radius 1 is 1.38 bits per heavy atom. The number of rotatable bonds is 4. The van der Waals surface area contributed by atoms with Crippen molar-refractivity contribution in [2.75, 3.05) is 30.3 Å². The van der Waals surface area contributed by atoms with E-state index >= 15 is 0 Å². The topological polar surface area (TPSA) is 58.4 Å². The molecule has 116 valence electrons. The summed E-state index contributed by atoms with van der Waals surface area (Å²) in [5.41, 5.74) is 8.34. The number of carbonyl (C=O) groups is 1. The van der Waals surface area contributed by atoms with Crippen LogP contribution in [0.15, 0.2) is 18.2 Å². The third-order valence-corrected chi connectivity index (χ3v) is 4.43. The van der Waals surface area contributed by atoms with Gasteiger partial charge in [-0.25, -0.2) is 0 Å². The lowest BCUT2D eigenvalue weighted by atomic mass is 9.86. The SMILES string of the molecule is CCNC(=O)c1ccc(N)cc1N1CCC(C(C)C)CC1. The number of hydrogen-bond donors (Lipinski definition) is 2. The molecule has 2 rings (SSSR count). The summed E-state index contributed by atoms with van der Waals surface area (Å²) in [4.78, 5) is 14.5. The molecule has 0 saturated carbocycles. The highest BCUT2D eigenvalue weighted by molar-refractivity contribution is 6.00. The molecule has 1 amide bonds. The largest absolute Gasteiger partial charge is 0.399 e. The molecular formula is C17H27N3O. The zero-order valence-corrected chi connectivity index (χ0v) is 13.4. The van der Waals surface area contributed by atoms with E-state index in [9.17, 15) is 4.79 Å². The summed E-state index contributed by atoms with van der Waals surface area (Å²) < 4.78 is 0. The Bertz CT molecular complexity index is 491. The fourth-order valence-electron chi connectivity index (χ4n) is 3.07. The van der Waals surface area contributed by atoms with Crippen molar-refractivity contribution in [3.63, 3.8) is 0 Å². The molecule has 1 aromatic rings. The Hall–Kier alpha value is -1.71. The van der Waals surface area contributed by atoms with E-state index in [1.165, 1.54) is 12.8 Å². The van der Waals surface area contributed by atoms with Crippen molar-refractivity contribution < 1.29 is 4.79 Å². The van der Waals surface area contributed by atoms with E-state index in [-0.39, 0.29) is 5.91 Å². The molecule has 1 fully saturated rings. The van der Waals surface area contributed by atoms with Crippen LogP contribution in [0, 0.1) is 11.8 Å². The molecule has 4 nitrogen and oxygen atoms in total. The molecule has 4 heteroatoms. The minimum atomic E-state index is -0.0153. The quantitative estimate of drug-likeness (QED) is 0.838. The standard InChI is InChI=1S/C17H27N3O/c1-4-19-17(21)15-6-5-14(18)11-16(15)20-9-7-13(8-10-20)12(2)3/h5-6,11-13H,4,7-10,18H2,1-3H3,(H,19,21). The first kappa shape index (κ1) is 15.7. The summed E-state index contributed by atoms with van der Waals surface area (Å²) in [5.74, 6) is 1.50. The van der Waals surface area contributed by atoms with Gasteiger partial charge in [0.2, 0.25) is 0 Å². The van der Waals surface area contributed by atoms with Crippen molar-refractivity contribution in [1.82, 2.24) is 5.32 Å². The van der Waals surface area contributed by atoms with Crippen LogP contribution in [-0.4, -0.2) is 25.5 Å². The van der Waals surface area contributed by atoms with Crippen LogP contribution in [0.2, 0.25) is 0 Å². The number of hydrogen-bond acceptors (Lipinski definition) is 3. The summed E-state index contributed by atoms with van der Waals surface area (Å²) in [5, 5.41) is 2.88. The van der Waals surface area contributed by atoms with E-state index in [1.807, 2.05) is 19.1 Å². The molecule has 0 bridgehead atoms. The summed E-state index contributed by atoms with van der Waals surface area (Å²) in [6.45, 7) is 9.15. The van der Waals surface area contributed by atoms with Crippen molar-refractivity contribution in [3.05, 3.63) is 23.8 Å². The number of piperidine rings is 1. The Balaban J connectivity index is 2.19. The number of nitrogens with two attached hydrogens (primary N) is 1. The highest BCUT2D eigenvalue weighted by Gasteiger charge is 2.24. The van der Waals surface area contributed by atoms with Crippen molar-refractivity contribution in [2.24, 2.45) is 11.8 Å². The van der Waals surface area contributed by atoms with Crippen molar-refractivity contribution in [1.29, 1.82) is 0 Å². The summed E-state index contributed by atoms with van der Waals surface area (Å²) in [6.07, 6.45) is 2.36. The van der Waals surface area contributed by atoms with Gasteiger partial charge in [-0.1, -0.05) is 13.8 Å². The lowest BCUT2D eigenvalue weighted by Gasteiger charge is -2.36. The van der Waals surface area contributed by atoms with E-state index < -0.39 is 0 Å². The summed E-state index contributed by atoms with van der Waals surface area (Å²) in [7, 11) is 0. The molecule has 1 saturated heterocycles. The van der Waals surface area contributed by atoms with E-state index in [1.54, 1.807) is 6.07 Å². The van der Waals surface area contributed by atoms with Gasteiger partial charge in [-0.15, -0.1) is 0 Å². The van der Waals surface area contributed by atoms with Gasteiger partial charge in [-0.2, -0.15) is 0 Å². The Labute approximate surface area is 127 Å². The molecule has 0 aromatic heterocycles. The Morgan fingerprint density at radius 2 is 2.05 bits per heavy atom. The van der Waals surface area contributed by atoms with Gasteiger partial charge in [-0.3, -0.25) is 4.79 Å². The lowest BCUT2D eigenvalue weighted by Crippen LogP contribution is -2.37.